The molecule has 0 N–H and O–H groups in total. The van der Waals surface area contributed by atoms with Crippen molar-refractivity contribution in [1.82, 2.24) is 8.61 Å². The molecule has 10 heteroatoms. The Morgan fingerprint density at radius 1 is 1.12 bits per heavy atom. The zero-order valence-corrected chi connectivity index (χ0v) is 16.4. The normalized spacial score (nSPS) is 21.1. The quantitative estimate of drug-likeness (QED) is 0.727. The molecule has 2 aliphatic rings. The second kappa shape index (κ2) is 7.16. The smallest absolute Gasteiger partial charge is 0.243 e. The van der Waals surface area contributed by atoms with E-state index in [1.807, 2.05) is 0 Å². The van der Waals surface area contributed by atoms with Gasteiger partial charge >= 0.3 is 0 Å². The van der Waals surface area contributed by atoms with E-state index in [2.05, 4.69) is 0 Å². The summed E-state index contributed by atoms with van der Waals surface area (Å²) in [6.45, 7) is 2.71. The van der Waals surface area contributed by atoms with E-state index in [1.54, 1.807) is 0 Å². The average Bonchev–Trinajstić information content (AvgIpc) is 2.52. The molecule has 0 aliphatic carbocycles. The molecular weight excluding hydrogens is 383 g/mol. The van der Waals surface area contributed by atoms with Crippen molar-refractivity contribution >= 4 is 20.0 Å². The third-order valence-electron chi connectivity index (χ3n) is 4.89. The van der Waals surface area contributed by atoms with Crippen molar-refractivity contribution in [2.45, 2.75) is 36.7 Å². The fourth-order valence-electron chi connectivity index (χ4n) is 3.48. The molecule has 0 atom stereocenters. The molecule has 0 unspecified atom stereocenters. The summed E-state index contributed by atoms with van der Waals surface area (Å²) in [5.41, 5.74) is 0.253. The van der Waals surface area contributed by atoms with Crippen molar-refractivity contribution < 1.29 is 26.0 Å². The summed E-state index contributed by atoms with van der Waals surface area (Å²) in [4.78, 5) is 0.0202. The monoisotopic (exact) mass is 406 g/mol. The Morgan fingerprint density at radius 2 is 1.73 bits per heavy atom. The molecule has 1 aromatic rings. The molecule has 1 aromatic carbocycles. The molecule has 0 radical (unpaired) electrons. The van der Waals surface area contributed by atoms with Gasteiger partial charge in [0, 0.05) is 32.3 Å². The molecule has 26 heavy (non-hydrogen) atoms. The van der Waals surface area contributed by atoms with Crippen LogP contribution < -0.4 is 0 Å². The van der Waals surface area contributed by atoms with Gasteiger partial charge in [-0.15, -0.1) is 0 Å². The maximum Gasteiger partial charge on any atom is 0.243 e. The number of sulfonamides is 2. The Labute approximate surface area is 153 Å². The van der Waals surface area contributed by atoms with Gasteiger partial charge in [-0.25, -0.2) is 21.2 Å². The van der Waals surface area contributed by atoms with Gasteiger partial charge in [0.1, 0.15) is 5.82 Å². The van der Waals surface area contributed by atoms with Crippen LogP contribution in [0.1, 0.15) is 18.4 Å². The Balaban J connectivity index is 1.76. The maximum atomic E-state index is 13.4. The second-order valence-corrected chi connectivity index (χ2v) is 10.6. The van der Waals surface area contributed by atoms with Gasteiger partial charge in [-0.1, -0.05) is 0 Å². The van der Waals surface area contributed by atoms with Crippen LogP contribution in [0, 0.1) is 12.7 Å². The van der Waals surface area contributed by atoms with E-state index in [-0.39, 0.29) is 35.6 Å². The summed E-state index contributed by atoms with van der Waals surface area (Å²) in [6.07, 6.45) is 2.36. The molecule has 0 amide bonds. The molecule has 2 fully saturated rings. The maximum absolute atomic E-state index is 13.4. The van der Waals surface area contributed by atoms with Gasteiger partial charge in [0.25, 0.3) is 0 Å². The molecule has 0 bridgehead atoms. The fraction of sp³-hybridized carbons (Fsp3) is 0.625. The van der Waals surface area contributed by atoms with Crippen LogP contribution >= 0.6 is 0 Å². The van der Waals surface area contributed by atoms with Crippen LogP contribution in [-0.4, -0.2) is 70.1 Å². The third kappa shape index (κ3) is 3.79. The Hall–Kier alpha value is -1.07. The van der Waals surface area contributed by atoms with Crippen LogP contribution in [-0.2, 0) is 24.8 Å². The third-order valence-corrected chi connectivity index (χ3v) is 8.08. The summed E-state index contributed by atoms with van der Waals surface area (Å²) in [6, 6.07) is 3.11. The first-order valence-corrected chi connectivity index (χ1v) is 11.7. The number of rotatable bonds is 5. The topological polar surface area (TPSA) is 84.0 Å². The van der Waals surface area contributed by atoms with Crippen molar-refractivity contribution in [3.8, 4) is 0 Å². The van der Waals surface area contributed by atoms with Crippen molar-refractivity contribution in [3.63, 3.8) is 0 Å². The standard InChI is InChI=1S/C16H23FN2O5S2/c1-12-9-15(3-4-16(12)17)26(22,23)18-10-14(11-18)19(25(2,20)21)13-5-7-24-8-6-13/h3-4,9,13-14H,5-8,10-11H2,1-2H3. The Morgan fingerprint density at radius 3 is 2.27 bits per heavy atom. The van der Waals surface area contributed by atoms with Gasteiger partial charge in [0.05, 0.1) is 17.2 Å². The highest BCUT2D eigenvalue weighted by molar-refractivity contribution is 7.89. The average molecular weight is 407 g/mol. The van der Waals surface area contributed by atoms with Gasteiger partial charge in [0.15, 0.2) is 0 Å². The Bertz CT molecular complexity index is 876. The molecule has 3 rings (SSSR count). The lowest BCUT2D eigenvalue weighted by Crippen LogP contribution is -2.64. The molecule has 0 aromatic heterocycles. The summed E-state index contributed by atoms with van der Waals surface area (Å²) in [7, 11) is -7.23. The van der Waals surface area contributed by atoms with E-state index >= 15 is 0 Å². The number of aryl methyl sites for hydroxylation is 1. The molecular formula is C16H23FN2O5S2. The minimum absolute atomic E-state index is 0.0202. The minimum atomic E-state index is -3.76. The molecule has 2 aliphatic heterocycles. The molecule has 7 nitrogen and oxygen atoms in total. The largest absolute Gasteiger partial charge is 0.381 e. The number of hydrogen-bond donors (Lipinski definition) is 0. The predicted molar refractivity (Wildman–Crippen MR) is 94.2 cm³/mol. The summed E-state index contributed by atoms with van der Waals surface area (Å²) in [5, 5.41) is 0. The van der Waals surface area contributed by atoms with Gasteiger partial charge < -0.3 is 4.74 Å². The summed E-state index contributed by atoms with van der Waals surface area (Å²) >= 11 is 0. The van der Waals surface area contributed by atoms with Crippen molar-refractivity contribution in [1.29, 1.82) is 0 Å². The highest BCUT2D eigenvalue weighted by atomic mass is 32.2. The number of ether oxygens (including phenoxy) is 1. The van der Waals surface area contributed by atoms with E-state index in [4.69, 9.17) is 4.74 Å². The highest BCUT2D eigenvalue weighted by Crippen LogP contribution is 2.30. The minimum Gasteiger partial charge on any atom is -0.381 e. The van der Waals surface area contributed by atoms with Crippen molar-refractivity contribution in [3.05, 3.63) is 29.6 Å². The predicted octanol–water partition coefficient (Wildman–Crippen LogP) is 0.948. The van der Waals surface area contributed by atoms with E-state index in [1.165, 1.54) is 27.7 Å². The van der Waals surface area contributed by atoms with Crippen LogP contribution in [0.2, 0.25) is 0 Å². The van der Waals surface area contributed by atoms with E-state index in [9.17, 15) is 21.2 Å². The van der Waals surface area contributed by atoms with Gasteiger partial charge in [-0.05, 0) is 43.5 Å². The number of halogens is 1. The number of nitrogens with zero attached hydrogens (tertiary/aromatic N) is 2. The van der Waals surface area contributed by atoms with Crippen LogP contribution in [0.4, 0.5) is 4.39 Å². The number of benzene rings is 1. The van der Waals surface area contributed by atoms with E-state index in [0.29, 0.717) is 26.1 Å². The first-order chi connectivity index (χ1) is 12.1. The molecule has 2 saturated heterocycles. The van der Waals surface area contributed by atoms with Crippen LogP contribution in [0.5, 0.6) is 0 Å². The lowest BCUT2D eigenvalue weighted by Gasteiger charge is -2.46. The first-order valence-electron chi connectivity index (χ1n) is 8.43. The van der Waals surface area contributed by atoms with Gasteiger partial charge in [0.2, 0.25) is 20.0 Å². The van der Waals surface area contributed by atoms with Crippen molar-refractivity contribution in [2.24, 2.45) is 0 Å². The lowest BCUT2D eigenvalue weighted by atomic mass is 10.1. The van der Waals surface area contributed by atoms with E-state index < -0.39 is 25.9 Å². The second-order valence-electron chi connectivity index (χ2n) is 6.82. The molecule has 2 heterocycles. The highest BCUT2D eigenvalue weighted by Gasteiger charge is 2.45. The van der Waals surface area contributed by atoms with Crippen LogP contribution in [0.15, 0.2) is 23.1 Å². The van der Waals surface area contributed by atoms with Crippen molar-refractivity contribution in [2.75, 3.05) is 32.6 Å². The fourth-order valence-corrected chi connectivity index (χ4v) is 6.51. The van der Waals surface area contributed by atoms with Gasteiger partial charge in [-0.3, -0.25) is 0 Å². The Kier molecular flexibility index (Phi) is 5.42. The lowest BCUT2D eigenvalue weighted by molar-refractivity contribution is 0.0317. The zero-order chi connectivity index (χ0) is 19.1. The van der Waals surface area contributed by atoms with Crippen LogP contribution in [0.25, 0.3) is 0 Å². The zero-order valence-electron chi connectivity index (χ0n) is 14.8. The summed E-state index contributed by atoms with van der Waals surface area (Å²) in [5.74, 6) is -0.465. The van der Waals surface area contributed by atoms with Crippen LogP contribution in [0.3, 0.4) is 0 Å². The first kappa shape index (κ1) is 19.7. The molecule has 0 spiro atoms. The molecule has 0 saturated carbocycles. The van der Waals surface area contributed by atoms with Gasteiger partial charge in [-0.2, -0.15) is 8.61 Å². The molecule has 146 valence electrons. The summed E-state index contributed by atoms with van der Waals surface area (Å²) < 4.78 is 71.2. The number of hydrogen-bond acceptors (Lipinski definition) is 5. The SMILES string of the molecule is Cc1cc(S(=O)(=O)N2CC(N(C3CCOCC3)S(C)(=O)=O)C2)ccc1F. The van der Waals surface area contributed by atoms with E-state index in [0.717, 1.165) is 12.3 Å².